The van der Waals surface area contributed by atoms with Crippen LogP contribution in [-0.2, 0) is 4.79 Å². The molecule has 0 saturated carbocycles. The van der Waals surface area contributed by atoms with Crippen LogP contribution in [0.5, 0.6) is 0 Å². The molecule has 1 rings (SSSR count). The van der Waals surface area contributed by atoms with Gasteiger partial charge in [-0.15, -0.1) is 0 Å². The fourth-order valence-electron chi connectivity index (χ4n) is 1.44. The second-order valence-electron chi connectivity index (χ2n) is 3.20. The van der Waals surface area contributed by atoms with Crippen molar-refractivity contribution in [3.63, 3.8) is 0 Å². The molecule has 5 nitrogen and oxygen atoms in total. The summed E-state index contributed by atoms with van der Waals surface area (Å²) in [6.07, 6.45) is 0.940. The molecule has 0 aromatic heterocycles. The van der Waals surface area contributed by atoms with Crippen molar-refractivity contribution in [3.05, 3.63) is 0 Å². The van der Waals surface area contributed by atoms with Crippen molar-refractivity contribution < 1.29 is 4.79 Å². The number of nitrogens with zero attached hydrogens (tertiary/aromatic N) is 2. The minimum absolute atomic E-state index is 0.122. The van der Waals surface area contributed by atoms with Gasteiger partial charge in [0, 0.05) is 33.1 Å². The number of nitrogens with two attached hydrogens (primary N) is 1. The molecular formula is C8H16N4O. The van der Waals surface area contributed by atoms with Crippen molar-refractivity contribution in [2.24, 2.45) is 10.7 Å². The Morgan fingerprint density at radius 3 is 2.85 bits per heavy atom. The van der Waals surface area contributed by atoms with Crippen molar-refractivity contribution in [1.82, 2.24) is 10.2 Å². The number of hydrogen-bond acceptors (Lipinski definition) is 2. The quantitative estimate of drug-likeness (QED) is 0.411. The van der Waals surface area contributed by atoms with Crippen LogP contribution in [0.2, 0.25) is 0 Å². The lowest BCUT2D eigenvalue weighted by atomic mass is 10.3. The Morgan fingerprint density at radius 2 is 2.38 bits per heavy atom. The third-order valence-electron chi connectivity index (χ3n) is 2.23. The highest BCUT2D eigenvalue weighted by Crippen LogP contribution is 2.08. The molecule has 74 valence electrons. The summed E-state index contributed by atoms with van der Waals surface area (Å²) in [6.45, 7) is 3.12. The first-order valence-electron chi connectivity index (χ1n) is 4.37. The highest BCUT2D eigenvalue weighted by Gasteiger charge is 2.23. The molecule has 1 saturated heterocycles. The molecule has 0 aromatic rings. The third kappa shape index (κ3) is 2.61. The van der Waals surface area contributed by atoms with E-state index in [1.165, 1.54) is 0 Å². The maximum atomic E-state index is 11.0. The molecule has 0 bridgehead atoms. The molecule has 1 aliphatic rings. The van der Waals surface area contributed by atoms with Crippen LogP contribution in [0.3, 0.4) is 0 Å². The first-order chi connectivity index (χ1) is 6.13. The Hall–Kier alpha value is -1.26. The van der Waals surface area contributed by atoms with Crippen LogP contribution < -0.4 is 11.1 Å². The van der Waals surface area contributed by atoms with Crippen LogP contribution in [-0.4, -0.2) is 42.9 Å². The van der Waals surface area contributed by atoms with Gasteiger partial charge in [0.05, 0.1) is 0 Å². The summed E-state index contributed by atoms with van der Waals surface area (Å²) in [4.78, 5) is 16.6. The van der Waals surface area contributed by atoms with Gasteiger partial charge in [0.2, 0.25) is 5.91 Å². The normalized spacial score (nSPS) is 23.4. The molecule has 1 fully saturated rings. The summed E-state index contributed by atoms with van der Waals surface area (Å²) >= 11 is 0. The zero-order valence-corrected chi connectivity index (χ0v) is 8.08. The smallest absolute Gasteiger partial charge is 0.219 e. The number of nitrogens with one attached hydrogen (secondary N) is 1. The predicted octanol–water partition coefficient (Wildman–Crippen LogP) is -0.859. The van der Waals surface area contributed by atoms with Crippen LogP contribution in [0.1, 0.15) is 13.3 Å². The van der Waals surface area contributed by atoms with Crippen molar-refractivity contribution in [2.75, 3.05) is 20.1 Å². The lowest BCUT2D eigenvalue weighted by Gasteiger charge is -2.15. The topological polar surface area (TPSA) is 70.7 Å². The van der Waals surface area contributed by atoms with Crippen molar-refractivity contribution >= 4 is 11.9 Å². The molecule has 0 spiro atoms. The fourth-order valence-corrected chi connectivity index (χ4v) is 1.44. The first-order valence-corrected chi connectivity index (χ1v) is 4.37. The van der Waals surface area contributed by atoms with E-state index in [2.05, 4.69) is 10.3 Å². The van der Waals surface area contributed by atoms with Crippen LogP contribution in [0.25, 0.3) is 0 Å². The van der Waals surface area contributed by atoms with Gasteiger partial charge in [0.25, 0.3) is 0 Å². The van der Waals surface area contributed by atoms with E-state index in [4.69, 9.17) is 5.73 Å². The molecule has 0 aliphatic carbocycles. The van der Waals surface area contributed by atoms with Gasteiger partial charge in [-0.2, -0.15) is 0 Å². The van der Waals surface area contributed by atoms with Crippen molar-refractivity contribution in [1.29, 1.82) is 0 Å². The number of guanidine groups is 1. The summed E-state index contributed by atoms with van der Waals surface area (Å²) in [5.41, 5.74) is 5.51. The number of rotatable bonds is 1. The van der Waals surface area contributed by atoms with E-state index in [9.17, 15) is 4.79 Å². The summed E-state index contributed by atoms with van der Waals surface area (Å²) in [6, 6.07) is 0.257. The summed E-state index contributed by atoms with van der Waals surface area (Å²) in [7, 11) is 1.64. The van der Waals surface area contributed by atoms with E-state index in [0.717, 1.165) is 19.5 Å². The summed E-state index contributed by atoms with van der Waals surface area (Å²) < 4.78 is 0. The Morgan fingerprint density at radius 1 is 1.69 bits per heavy atom. The van der Waals surface area contributed by atoms with Crippen LogP contribution in [0.15, 0.2) is 4.99 Å². The zero-order valence-electron chi connectivity index (χ0n) is 8.08. The van der Waals surface area contributed by atoms with Crippen molar-refractivity contribution in [3.8, 4) is 0 Å². The van der Waals surface area contributed by atoms with Gasteiger partial charge in [0.15, 0.2) is 5.96 Å². The second kappa shape index (κ2) is 4.11. The minimum Gasteiger partial charge on any atom is -0.370 e. The molecule has 1 heterocycles. The Bertz CT molecular complexity index is 226. The molecule has 1 aliphatic heterocycles. The maximum Gasteiger partial charge on any atom is 0.219 e. The van der Waals surface area contributed by atoms with E-state index in [0.29, 0.717) is 5.96 Å². The zero-order chi connectivity index (χ0) is 9.84. The predicted molar refractivity (Wildman–Crippen MR) is 51.3 cm³/mol. The Kier molecular flexibility index (Phi) is 3.11. The molecule has 13 heavy (non-hydrogen) atoms. The minimum atomic E-state index is 0.122. The average molecular weight is 184 g/mol. The number of carbonyl (C=O) groups is 1. The molecule has 1 unspecified atom stereocenters. The van der Waals surface area contributed by atoms with Crippen LogP contribution >= 0.6 is 0 Å². The molecule has 0 aromatic carbocycles. The van der Waals surface area contributed by atoms with Gasteiger partial charge >= 0.3 is 0 Å². The summed E-state index contributed by atoms with van der Waals surface area (Å²) in [5.74, 6) is 0.562. The number of likely N-dealkylation sites (tertiary alicyclic amines) is 1. The molecular weight excluding hydrogens is 168 g/mol. The first kappa shape index (κ1) is 9.83. The van der Waals surface area contributed by atoms with Crippen LogP contribution in [0.4, 0.5) is 0 Å². The molecule has 5 heteroatoms. The van der Waals surface area contributed by atoms with Gasteiger partial charge in [-0.05, 0) is 6.42 Å². The maximum absolute atomic E-state index is 11.0. The number of amides is 1. The van der Waals surface area contributed by atoms with Crippen molar-refractivity contribution in [2.45, 2.75) is 19.4 Å². The van der Waals surface area contributed by atoms with E-state index in [-0.39, 0.29) is 11.9 Å². The van der Waals surface area contributed by atoms with Gasteiger partial charge in [-0.25, -0.2) is 0 Å². The molecule has 3 N–H and O–H groups in total. The van der Waals surface area contributed by atoms with E-state index >= 15 is 0 Å². The Labute approximate surface area is 78.0 Å². The lowest BCUT2D eigenvalue weighted by Crippen LogP contribution is -2.41. The van der Waals surface area contributed by atoms with Gasteiger partial charge in [0.1, 0.15) is 0 Å². The third-order valence-corrected chi connectivity index (χ3v) is 2.23. The van der Waals surface area contributed by atoms with E-state index in [1.807, 2.05) is 0 Å². The summed E-state index contributed by atoms with van der Waals surface area (Å²) in [5, 5.41) is 3.05. The highest BCUT2D eigenvalue weighted by molar-refractivity contribution is 5.78. The molecule has 0 radical (unpaired) electrons. The van der Waals surface area contributed by atoms with Gasteiger partial charge < -0.3 is 16.0 Å². The second-order valence-corrected chi connectivity index (χ2v) is 3.20. The molecule has 1 amide bonds. The lowest BCUT2D eigenvalue weighted by molar-refractivity contribution is -0.127. The van der Waals surface area contributed by atoms with E-state index in [1.54, 1.807) is 18.9 Å². The van der Waals surface area contributed by atoms with Crippen LogP contribution in [0, 0.1) is 0 Å². The highest BCUT2D eigenvalue weighted by atomic mass is 16.2. The van der Waals surface area contributed by atoms with Gasteiger partial charge in [-0.1, -0.05) is 0 Å². The largest absolute Gasteiger partial charge is 0.370 e. The standard InChI is InChI=1S/C8H16N4O/c1-6(13)12-4-3-7(5-12)11-8(9)10-2/h7H,3-5H2,1-2H3,(H3,9,10,11). The monoisotopic (exact) mass is 184 g/mol. The SMILES string of the molecule is CN=C(N)NC1CCN(C(C)=O)C1. The number of hydrogen-bond donors (Lipinski definition) is 2. The Balaban J connectivity index is 2.37. The fraction of sp³-hybridized carbons (Fsp3) is 0.750. The average Bonchev–Trinajstić information content (AvgIpc) is 2.52. The van der Waals surface area contributed by atoms with E-state index < -0.39 is 0 Å². The number of aliphatic imine (C=N–C) groups is 1. The molecule has 1 atom stereocenters. The number of carbonyl (C=O) groups excluding carboxylic acids is 1. The van der Waals surface area contributed by atoms with Gasteiger partial charge in [-0.3, -0.25) is 9.79 Å².